The van der Waals surface area contributed by atoms with Gasteiger partial charge >= 0.3 is 18.3 Å². The molecule has 1 unspecified atom stereocenters. The number of para-hydroxylation sites is 1. The van der Waals surface area contributed by atoms with Crippen molar-refractivity contribution in [2.75, 3.05) is 70.1 Å². The van der Waals surface area contributed by atoms with Crippen LogP contribution in [0.3, 0.4) is 0 Å². The van der Waals surface area contributed by atoms with Crippen LogP contribution >= 0.6 is 11.6 Å². The number of hydrogen-bond acceptors (Lipinski definition) is 7. The molecule has 3 saturated heterocycles. The summed E-state index contributed by atoms with van der Waals surface area (Å²) in [6.45, 7) is 4.96. The predicted octanol–water partition coefficient (Wildman–Crippen LogP) is 4.87. The summed E-state index contributed by atoms with van der Waals surface area (Å²) < 4.78 is 52.6. The molecule has 11 nitrogen and oxygen atoms in total. The first kappa shape index (κ1) is 35.1. The molecule has 0 aromatic heterocycles. The van der Waals surface area contributed by atoms with Crippen LogP contribution < -0.4 is 11.1 Å². The summed E-state index contributed by atoms with van der Waals surface area (Å²) >= 11 is 6.10. The van der Waals surface area contributed by atoms with Gasteiger partial charge in [0.15, 0.2) is 6.10 Å². The van der Waals surface area contributed by atoms with Gasteiger partial charge in [0.05, 0.1) is 29.5 Å². The molecule has 266 valence electrons. The van der Waals surface area contributed by atoms with Crippen LogP contribution in [0.2, 0.25) is 5.02 Å². The van der Waals surface area contributed by atoms with E-state index in [2.05, 4.69) is 10.2 Å². The van der Waals surface area contributed by atoms with Gasteiger partial charge in [0.2, 0.25) is 0 Å². The summed E-state index contributed by atoms with van der Waals surface area (Å²) in [5, 5.41) is 2.69. The summed E-state index contributed by atoms with van der Waals surface area (Å²) in [4.78, 5) is 47.8. The molecule has 6 rings (SSSR count). The van der Waals surface area contributed by atoms with Crippen LogP contribution in [0.5, 0.6) is 0 Å². The molecule has 3 fully saturated rings. The number of urea groups is 1. The Bertz CT molecular complexity index is 1520. The number of anilines is 2. The Morgan fingerprint density at radius 3 is 2.31 bits per heavy atom. The first-order valence-corrected chi connectivity index (χ1v) is 17.2. The zero-order valence-corrected chi connectivity index (χ0v) is 28.0. The highest BCUT2D eigenvalue weighted by atomic mass is 35.5. The molecule has 0 bridgehead atoms. The fourth-order valence-corrected chi connectivity index (χ4v) is 7.55. The van der Waals surface area contributed by atoms with Gasteiger partial charge in [0.25, 0.3) is 5.91 Å². The molecule has 3 N–H and O–H groups in total. The number of alkyl halides is 3. The zero-order valence-electron chi connectivity index (χ0n) is 27.2. The van der Waals surface area contributed by atoms with Crippen LogP contribution in [0.25, 0.3) is 0 Å². The van der Waals surface area contributed by atoms with Crippen LogP contribution in [-0.4, -0.2) is 115 Å². The van der Waals surface area contributed by atoms with Crippen LogP contribution in [0, 0.1) is 0 Å². The lowest BCUT2D eigenvalue weighted by molar-refractivity contribution is -0.142. The second-order valence-corrected chi connectivity index (χ2v) is 13.5. The zero-order chi connectivity index (χ0) is 34.7. The highest BCUT2D eigenvalue weighted by Crippen LogP contribution is 2.38. The number of likely N-dealkylation sites (tertiary alicyclic amines) is 2. The molecule has 2 aromatic rings. The molecule has 0 radical (unpaired) electrons. The van der Waals surface area contributed by atoms with Crippen molar-refractivity contribution < 1.29 is 37.0 Å². The molecule has 1 atom stereocenters. The van der Waals surface area contributed by atoms with Crippen molar-refractivity contribution in [3.63, 3.8) is 0 Å². The quantitative estimate of drug-likeness (QED) is 0.412. The maximum absolute atomic E-state index is 13.9. The van der Waals surface area contributed by atoms with Crippen LogP contribution in [-0.2, 0) is 33.3 Å². The molecule has 2 aromatic carbocycles. The average Bonchev–Trinajstić information content (AvgIpc) is 3.27. The number of halogens is 4. The van der Waals surface area contributed by atoms with Gasteiger partial charge in [-0.25, -0.2) is 9.59 Å². The Labute approximate surface area is 288 Å². The van der Waals surface area contributed by atoms with E-state index in [4.69, 9.17) is 26.8 Å². The van der Waals surface area contributed by atoms with Gasteiger partial charge in [0, 0.05) is 70.0 Å². The first-order valence-electron chi connectivity index (χ1n) is 16.8. The molecular weight excluding hydrogens is 665 g/mol. The number of piperidine rings is 2. The van der Waals surface area contributed by atoms with Crippen molar-refractivity contribution >= 4 is 41.0 Å². The largest absolute Gasteiger partial charge is 0.436 e. The van der Waals surface area contributed by atoms with E-state index in [1.807, 2.05) is 24.3 Å². The van der Waals surface area contributed by atoms with E-state index in [-0.39, 0.29) is 42.2 Å². The monoisotopic (exact) mass is 706 g/mol. The maximum Gasteiger partial charge on any atom is 0.418 e. The highest BCUT2D eigenvalue weighted by molar-refractivity contribution is 6.33. The Morgan fingerprint density at radius 2 is 1.61 bits per heavy atom. The Hall–Kier alpha value is -3.75. The van der Waals surface area contributed by atoms with Gasteiger partial charge in [-0.1, -0.05) is 29.8 Å². The number of carbonyl (C=O) groups excluding carboxylic acids is 3. The molecular formula is C34H42ClF3N6O5. The van der Waals surface area contributed by atoms with Crippen LogP contribution in [0.15, 0.2) is 36.4 Å². The number of rotatable bonds is 6. The summed E-state index contributed by atoms with van der Waals surface area (Å²) in [6, 6.07) is 9.83. The van der Waals surface area contributed by atoms with Gasteiger partial charge in [-0.05, 0) is 61.4 Å². The number of ether oxygens (including phenoxy) is 2. The molecule has 0 aliphatic carbocycles. The standard InChI is InChI=1S/C34H42ClF3N6O5/c35-27-20-22(19-26(30(27)39)34(36,37)38)21-29(31(45)42-10-6-24(7-11-42)41-15-17-48-18-16-41)49-33(47)43-12-8-25(9-13-43)44-14-5-23-3-1-2-4-28(23)40-32(44)46/h1-4,19-20,24-25,29H,5-18,21,39H2,(H,40,46). The summed E-state index contributed by atoms with van der Waals surface area (Å²) in [7, 11) is 0. The van der Waals surface area contributed by atoms with Crippen molar-refractivity contribution in [1.29, 1.82) is 0 Å². The summed E-state index contributed by atoms with van der Waals surface area (Å²) in [5.74, 6) is -0.467. The second kappa shape index (κ2) is 15.0. The van der Waals surface area contributed by atoms with Crippen molar-refractivity contribution in [1.82, 2.24) is 19.6 Å². The molecule has 4 aliphatic heterocycles. The molecule has 4 amide bonds. The second-order valence-electron chi connectivity index (χ2n) is 13.1. The summed E-state index contributed by atoms with van der Waals surface area (Å²) in [6.07, 6.45) is -4.01. The highest BCUT2D eigenvalue weighted by Gasteiger charge is 2.38. The molecule has 0 spiro atoms. The number of morpholine rings is 1. The lowest BCUT2D eigenvalue weighted by atomic mass is 9.99. The van der Waals surface area contributed by atoms with Crippen molar-refractivity contribution in [2.45, 2.75) is 62.9 Å². The smallest absolute Gasteiger partial charge is 0.418 e. The van der Waals surface area contributed by atoms with E-state index < -0.39 is 35.5 Å². The minimum absolute atomic E-state index is 0.0766. The maximum atomic E-state index is 13.9. The lowest BCUT2D eigenvalue weighted by Crippen LogP contribution is -2.53. The van der Waals surface area contributed by atoms with E-state index in [0.29, 0.717) is 58.2 Å². The average molecular weight is 707 g/mol. The Kier molecular flexibility index (Phi) is 10.8. The van der Waals surface area contributed by atoms with E-state index in [0.717, 1.165) is 43.2 Å². The normalized spacial score (nSPS) is 20.7. The fourth-order valence-electron chi connectivity index (χ4n) is 7.31. The number of nitrogens with zero attached hydrogens (tertiary/aromatic N) is 4. The molecule has 49 heavy (non-hydrogen) atoms. The number of nitrogens with two attached hydrogens (primary N) is 1. The minimum atomic E-state index is -4.77. The third kappa shape index (κ3) is 8.18. The van der Waals surface area contributed by atoms with Gasteiger partial charge in [-0.3, -0.25) is 9.69 Å². The Morgan fingerprint density at radius 1 is 0.959 bits per heavy atom. The van der Waals surface area contributed by atoms with Crippen LogP contribution in [0.4, 0.5) is 34.1 Å². The minimum Gasteiger partial charge on any atom is -0.436 e. The van der Waals surface area contributed by atoms with E-state index >= 15 is 0 Å². The van der Waals surface area contributed by atoms with Crippen molar-refractivity contribution in [3.8, 4) is 0 Å². The van der Waals surface area contributed by atoms with Crippen molar-refractivity contribution in [3.05, 3.63) is 58.1 Å². The number of amides is 4. The number of fused-ring (bicyclic) bond motifs is 1. The van der Waals surface area contributed by atoms with E-state index in [1.54, 1.807) is 9.80 Å². The topological polar surface area (TPSA) is 121 Å². The third-order valence-electron chi connectivity index (χ3n) is 10.1. The molecule has 0 saturated carbocycles. The number of carbonyl (C=O) groups is 3. The predicted molar refractivity (Wildman–Crippen MR) is 177 cm³/mol. The van der Waals surface area contributed by atoms with Gasteiger partial charge in [-0.15, -0.1) is 0 Å². The van der Waals surface area contributed by atoms with Crippen molar-refractivity contribution in [2.24, 2.45) is 0 Å². The molecule has 4 aliphatic rings. The number of nitrogen functional groups attached to an aromatic ring is 1. The first-order chi connectivity index (χ1) is 23.5. The van der Waals surface area contributed by atoms with Gasteiger partial charge in [-0.2, -0.15) is 13.2 Å². The van der Waals surface area contributed by atoms with Gasteiger partial charge in [0.1, 0.15) is 0 Å². The third-order valence-corrected chi connectivity index (χ3v) is 10.4. The molecule has 4 heterocycles. The molecule has 15 heteroatoms. The lowest BCUT2D eigenvalue weighted by Gasteiger charge is -2.41. The number of nitrogens with one attached hydrogen (secondary N) is 1. The van der Waals surface area contributed by atoms with E-state index in [1.165, 1.54) is 11.0 Å². The number of hydrogen-bond donors (Lipinski definition) is 2. The van der Waals surface area contributed by atoms with Gasteiger partial charge < -0.3 is 35.2 Å². The Balaban J connectivity index is 1.12. The van der Waals surface area contributed by atoms with E-state index in [9.17, 15) is 27.6 Å². The van der Waals surface area contributed by atoms with Crippen LogP contribution in [0.1, 0.15) is 42.4 Å². The fraction of sp³-hybridized carbons (Fsp3) is 0.559. The SMILES string of the molecule is Nc1c(Cl)cc(CC(OC(=O)N2CCC(N3CCc4ccccc4NC3=O)CC2)C(=O)N2CCC(N3CCOCC3)CC2)cc1C(F)(F)F. The summed E-state index contributed by atoms with van der Waals surface area (Å²) in [5.41, 5.74) is 5.86. The number of benzene rings is 2.